The highest BCUT2D eigenvalue weighted by molar-refractivity contribution is 7.86. The van der Waals surface area contributed by atoms with Gasteiger partial charge in [0.25, 0.3) is 10.2 Å². The summed E-state index contributed by atoms with van der Waals surface area (Å²) in [6.45, 7) is 2.05. The van der Waals surface area contributed by atoms with Crippen LogP contribution >= 0.6 is 0 Å². The molecular formula is C14H21N3O2S. The Hall–Kier alpha value is -0.950. The minimum atomic E-state index is -3.38. The molecule has 2 aliphatic rings. The first kappa shape index (κ1) is 14.0. The normalized spacial score (nSPS) is 24.8. The van der Waals surface area contributed by atoms with Gasteiger partial charge in [0, 0.05) is 32.2 Å². The summed E-state index contributed by atoms with van der Waals surface area (Å²) in [5.41, 5.74) is 8.08. The predicted molar refractivity (Wildman–Crippen MR) is 78.3 cm³/mol. The number of nitrogens with two attached hydrogens (primary N) is 1. The second-order valence-corrected chi connectivity index (χ2v) is 7.38. The summed E-state index contributed by atoms with van der Waals surface area (Å²) in [7, 11) is -3.38. The molecule has 1 aromatic rings. The van der Waals surface area contributed by atoms with Crippen LogP contribution in [0.4, 0.5) is 0 Å². The Bertz CT molecular complexity index is 588. The summed E-state index contributed by atoms with van der Waals surface area (Å²) in [4.78, 5) is 0. The van der Waals surface area contributed by atoms with Crippen LogP contribution < -0.4 is 5.73 Å². The number of nitrogens with zero attached hydrogens (tertiary/aromatic N) is 2. The van der Waals surface area contributed by atoms with Gasteiger partial charge in [-0.05, 0) is 30.4 Å². The molecule has 0 radical (unpaired) electrons. The minimum absolute atomic E-state index is 0.0304. The van der Waals surface area contributed by atoms with E-state index in [1.165, 1.54) is 5.56 Å². The van der Waals surface area contributed by atoms with Gasteiger partial charge in [0.15, 0.2) is 0 Å². The number of fused-ring (bicyclic) bond motifs is 1. The highest BCUT2D eigenvalue weighted by atomic mass is 32.2. The third kappa shape index (κ3) is 2.37. The van der Waals surface area contributed by atoms with E-state index in [9.17, 15) is 8.42 Å². The average Bonchev–Trinajstić information content (AvgIpc) is 2.96. The van der Waals surface area contributed by atoms with Crippen LogP contribution in [0.5, 0.6) is 0 Å². The lowest BCUT2D eigenvalue weighted by Crippen LogP contribution is -2.49. The molecule has 5 nitrogen and oxygen atoms in total. The summed E-state index contributed by atoms with van der Waals surface area (Å²) in [5.74, 6) is 0. The molecule has 0 amide bonds. The molecule has 1 unspecified atom stereocenters. The molecule has 2 aliphatic heterocycles. The molecule has 0 saturated carbocycles. The molecule has 2 N–H and O–H groups in total. The van der Waals surface area contributed by atoms with Crippen LogP contribution in [0.3, 0.4) is 0 Å². The third-order valence-electron chi connectivity index (χ3n) is 4.31. The van der Waals surface area contributed by atoms with Gasteiger partial charge in [0.1, 0.15) is 0 Å². The lowest BCUT2D eigenvalue weighted by molar-refractivity contribution is 0.316. The fourth-order valence-electron chi connectivity index (χ4n) is 3.16. The molecule has 20 heavy (non-hydrogen) atoms. The van der Waals surface area contributed by atoms with Crippen molar-refractivity contribution in [2.24, 2.45) is 5.73 Å². The first-order valence-corrected chi connectivity index (χ1v) is 8.56. The Balaban J connectivity index is 1.83. The molecule has 2 heterocycles. The van der Waals surface area contributed by atoms with Crippen LogP contribution in [-0.2, 0) is 23.2 Å². The van der Waals surface area contributed by atoms with Gasteiger partial charge in [-0.2, -0.15) is 17.0 Å². The zero-order chi connectivity index (χ0) is 14.2. The molecule has 6 heteroatoms. The maximum atomic E-state index is 12.8. The SMILES string of the molecule is NCC1CCCN1S(=O)(=O)N1CCc2ccccc2C1. The minimum Gasteiger partial charge on any atom is -0.329 e. The molecule has 0 spiro atoms. The van der Waals surface area contributed by atoms with Crippen molar-refractivity contribution in [3.8, 4) is 0 Å². The van der Waals surface area contributed by atoms with E-state index in [0.29, 0.717) is 26.2 Å². The largest absolute Gasteiger partial charge is 0.329 e. The molecule has 1 atom stereocenters. The van der Waals surface area contributed by atoms with Crippen molar-refractivity contribution in [3.63, 3.8) is 0 Å². The Morgan fingerprint density at radius 3 is 2.70 bits per heavy atom. The van der Waals surface area contributed by atoms with Crippen molar-refractivity contribution < 1.29 is 8.42 Å². The zero-order valence-electron chi connectivity index (χ0n) is 11.5. The fourth-order valence-corrected chi connectivity index (χ4v) is 5.01. The van der Waals surface area contributed by atoms with Gasteiger partial charge in [-0.3, -0.25) is 0 Å². The third-order valence-corrected chi connectivity index (χ3v) is 6.35. The van der Waals surface area contributed by atoms with Gasteiger partial charge in [-0.1, -0.05) is 24.3 Å². The maximum absolute atomic E-state index is 12.8. The molecule has 0 bridgehead atoms. The van der Waals surface area contributed by atoms with E-state index in [1.54, 1.807) is 8.61 Å². The average molecular weight is 295 g/mol. The van der Waals surface area contributed by atoms with E-state index in [-0.39, 0.29) is 6.04 Å². The van der Waals surface area contributed by atoms with Gasteiger partial charge >= 0.3 is 0 Å². The molecular weight excluding hydrogens is 274 g/mol. The summed E-state index contributed by atoms with van der Waals surface area (Å²) >= 11 is 0. The van der Waals surface area contributed by atoms with Crippen LogP contribution in [0.15, 0.2) is 24.3 Å². The standard InChI is InChI=1S/C14H21N3O2S/c15-10-14-6-3-8-17(14)20(18,19)16-9-7-12-4-1-2-5-13(12)11-16/h1-2,4-5,14H,3,6-11,15H2. The molecule has 110 valence electrons. The molecule has 0 aliphatic carbocycles. The first-order valence-electron chi connectivity index (χ1n) is 7.16. The second-order valence-electron chi connectivity index (χ2n) is 5.50. The lowest BCUT2D eigenvalue weighted by atomic mass is 10.0. The van der Waals surface area contributed by atoms with E-state index >= 15 is 0 Å². The Morgan fingerprint density at radius 2 is 1.95 bits per heavy atom. The van der Waals surface area contributed by atoms with Crippen molar-refractivity contribution in [2.45, 2.75) is 31.8 Å². The van der Waals surface area contributed by atoms with Crippen molar-refractivity contribution >= 4 is 10.2 Å². The predicted octanol–water partition coefficient (Wildman–Crippen LogP) is 0.713. The number of hydrogen-bond acceptors (Lipinski definition) is 3. The number of rotatable bonds is 3. The molecule has 0 aromatic heterocycles. The van der Waals surface area contributed by atoms with Crippen LogP contribution in [0.2, 0.25) is 0 Å². The van der Waals surface area contributed by atoms with Gasteiger partial charge < -0.3 is 5.73 Å². The van der Waals surface area contributed by atoms with Crippen molar-refractivity contribution in [1.82, 2.24) is 8.61 Å². The van der Waals surface area contributed by atoms with Crippen LogP contribution in [0.25, 0.3) is 0 Å². The fraction of sp³-hybridized carbons (Fsp3) is 0.571. The number of benzene rings is 1. The molecule has 3 rings (SSSR count). The van der Waals surface area contributed by atoms with Crippen molar-refractivity contribution in [3.05, 3.63) is 35.4 Å². The summed E-state index contributed by atoms with van der Waals surface area (Å²) in [5, 5.41) is 0. The van der Waals surface area contributed by atoms with Gasteiger partial charge in [-0.15, -0.1) is 0 Å². The quantitative estimate of drug-likeness (QED) is 0.893. The summed E-state index contributed by atoms with van der Waals surface area (Å²) < 4.78 is 28.7. The van der Waals surface area contributed by atoms with E-state index in [0.717, 1.165) is 24.8 Å². The topological polar surface area (TPSA) is 66.6 Å². The van der Waals surface area contributed by atoms with E-state index < -0.39 is 10.2 Å². The van der Waals surface area contributed by atoms with Gasteiger partial charge in [0.2, 0.25) is 0 Å². The summed E-state index contributed by atoms with van der Waals surface area (Å²) in [6, 6.07) is 8.04. The molecule has 1 fully saturated rings. The maximum Gasteiger partial charge on any atom is 0.282 e. The van der Waals surface area contributed by atoms with E-state index in [4.69, 9.17) is 5.73 Å². The highest BCUT2D eigenvalue weighted by Crippen LogP contribution is 2.27. The first-order chi connectivity index (χ1) is 9.63. The van der Waals surface area contributed by atoms with Crippen molar-refractivity contribution in [1.29, 1.82) is 0 Å². The molecule has 1 aromatic carbocycles. The van der Waals surface area contributed by atoms with Gasteiger partial charge in [-0.25, -0.2) is 0 Å². The Kier molecular flexibility index (Phi) is 3.81. The van der Waals surface area contributed by atoms with E-state index in [1.807, 2.05) is 18.2 Å². The van der Waals surface area contributed by atoms with Gasteiger partial charge in [0.05, 0.1) is 0 Å². The monoisotopic (exact) mass is 295 g/mol. The van der Waals surface area contributed by atoms with E-state index in [2.05, 4.69) is 6.07 Å². The second kappa shape index (κ2) is 5.44. The zero-order valence-corrected chi connectivity index (χ0v) is 12.3. The van der Waals surface area contributed by atoms with Crippen LogP contribution in [0, 0.1) is 0 Å². The highest BCUT2D eigenvalue weighted by Gasteiger charge is 2.38. The van der Waals surface area contributed by atoms with Crippen LogP contribution in [-0.4, -0.2) is 42.7 Å². The lowest BCUT2D eigenvalue weighted by Gasteiger charge is -2.33. The Morgan fingerprint density at radius 1 is 1.20 bits per heavy atom. The van der Waals surface area contributed by atoms with Crippen molar-refractivity contribution in [2.75, 3.05) is 19.6 Å². The van der Waals surface area contributed by atoms with Crippen LogP contribution in [0.1, 0.15) is 24.0 Å². The summed E-state index contributed by atoms with van der Waals surface area (Å²) in [6.07, 6.45) is 2.57. The smallest absolute Gasteiger partial charge is 0.282 e. The molecule has 1 saturated heterocycles. The number of hydrogen-bond donors (Lipinski definition) is 1. The Labute approximate surface area is 120 Å².